The highest BCUT2D eigenvalue weighted by Crippen LogP contribution is 2.34. The Kier molecular flexibility index (Phi) is 5.19. The highest BCUT2D eigenvalue weighted by molar-refractivity contribution is 6.31. The Hall–Kier alpha value is -2.12. The Bertz CT molecular complexity index is 1020. The summed E-state index contributed by atoms with van der Waals surface area (Å²) in [5.41, 5.74) is 2.37. The summed E-state index contributed by atoms with van der Waals surface area (Å²) in [5.74, 6) is -0.0434. The van der Waals surface area contributed by atoms with Crippen LogP contribution in [0.2, 0.25) is 10.0 Å². The van der Waals surface area contributed by atoms with Crippen molar-refractivity contribution in [2.75, 3.05) is 31.6 Å². The lowest BCUT2D eigenvalue weighted by atomic mass is 10.1. The van der Waals surface area contributed by atoms with E-state index in [1.807, 2.05) is 36.4 Å². The zero-order valence-electron chi connectivity index (χ0n) is 16.2. The number of benzodiazepines with no additional fused rings is 1. The molecule has 0 bridgehead atoms. The molecule has 3 aliphatic heterocycles. The first-order chi connectivity index (χ1) is 14.5. The number of ether oxygens (including phenoxy) is 2. The number of hydrogen-bond donors (Lipinski definition) is 1. The van der Waals surface area contributed by atoms with Crippen molar-refractivity contribution in [3.63, 3.8) is 0 Å². The molecule has 0 aliphatic carbocycles. The molecule has 2 fully saturated rings. The number of halogens is 2. The third-order valence-electron chi connectivity index (χ3n) is 5.74. The number of benzene rings is 2. The number of carbonyl (C=O) groups excluding carboxylic acids is 1. The minimum absolute atomic E-state index is 0.171. The van der Waals surface area contributed by atoms with Crippen molar-refractivity contribution in [1.29, 1.82) is 0 Å². The summed E-state index contributed by atoms with van der Waals surface area (Å²) in [7, 11) is 0. The van der Waals surface area contributed by atoms with E-state index in [1.54, 1.807) is 6.07 Å². The highest BCUT2D eigenvalue weighted by atomic mass is 35.5. The first-order valence-corrected chi connectivity index (χ1v) is 10.7. The first-order valence-electron chi connectivity index (χ1n) is 9.98. The van der Waals surface area contributed by atoms with Crippen LogP contribution in [0.3, 0.4) is 0 Å². The quantitative estimate of drug-likeness (QED) is 0.764. The second kappa shape index (κ2) is 7.85. The van der Waals surface area contributed by atoms with Crippen molar-refractivity contribution in [2.45, 2.75) is 24.7 Å². The number of likely N-dealkylation sites (tertiary alicyclic amines) is 1. The molecule has 1 spiro atoms. The van der Waals surface area contributed by atoms with Gasteiger partial charge in [-0.25, -0.2) is 0 Å². The Morgan fingerprint density at radius 3 is 2.77 bits per heavy atom. The van der Waals surface area contributed by atoms with Gasteiger partial charge in [0.1, 0.15) is 11.9 Å². The Balaban J connectivity index is 1.54. The van der Waals surface area contributed by atoms with E-state index in [9.17, 15) is 4.79 Å². The van der Waals surface area contributed by atoms with Crippen LogP contribution in [0.15, 0.2) is 47.5 Å². The smallest absolute Gasteiger partial charge is 0.249 e. The molecule has 2 aromatic rings. The number of amides is 1. The number of carbonyl (C=O) groups is 1. The van der Waals surface area contributed by atoms with E-state index >= 15 is 0 Å². The lowest BCUT2D eigenvalue weighted by Crippen LogP contribution is -2.38. The van der Waals surface area contributed by atoms with E-state index in [4.69, 9.17) is 37.7 Å². The SMILES string of the molecule is O=C1Nc2ccc(Cl)cc2C(N2CCC3(C2)OCCO3)=NC1Cc1ccccc1Cl. The predicted octanol–water partition coefficient (Wildman–Crippen LogP) is 3.75. The Labute approximate surface area is 184 Å². The van der Waals surface area contributed by atoms with Crippen LogP contribution in [-0.2, 0) is 20.7 Å². The van der Waals surface area contributed by atoms with Crippen LogP contribution in [0.25, 0.3) is 0 Å². The van der Waals surface area contributed by atoms with Gasteiger partial charge < -0.3 is 19.7 Å². The molecule has 8 heteroatoms. The van der Waals surface area contributed by atoms with Gasteiger partial charge in [-0.15, -0.1) is 0 Å². The molecule has 30 heavy (non-hydrogen) atoms. The minimum Gasteiger partial charge on any atom is -0.351 e. The zero-order valence-corrected chi connectivity index (χ0v) is 17.7. The van der Waals surface area contributed by atoms with Gasteiger partial charge in [0.15, 0.2) is 5.79 Å². The van der Waals surface area contributed by atoms with Gasteiger partial charge >= 0.3 is 0 Å². The molecule has 6 nitrogen and oxygen atoms in total. The van der Waals surface area contributed by atoms with Crippen LogP contribution in [0.1, 0.15) is 17.5 Å². The van der Waals surface area contributed by atoms with Gasteiger partial charge in [-0.2, -0.15) is 0 Å². The fourth-order valence-electron chi connectivity index (χ4n) is 4.23. The summed E-state index contributed by atoms with van der Waals surface area (Å²) in [4.78, 5) is 20.1. The number of amidine groups is 1. The Morgan fingerprint density at radius 1 is 1.17 bits per heavy atom. The van der Waals surface area contributed by atoms with E-state index in [1.165, 1.54) is 0 Å². The molecule has 2 aromatic carbocycles. The third kappa shape index (κ3) is 3.69. The lowest BCUT2D eigenvalue weighted by Gasteiger charge is -2.25. The second-order valence-electron chi connectivity index (χ2n) is 7.72. The molecule has 3 aliphatic rings. The molecule has 156 valence electrons. The molecule has 0 aromatic heterocycles. The van der Waals surface area contributed by atoms with Crippen molar-refractivity contribution in [2.24, 2.45) is 4.99 Å². The standard InChI is InChI=1S/C22H21Cl2N3O3/c23-15-5-6-18-16(12-15)20(27-8-7-22(13-27)29-9-10-30-22)25-19(21(28)26-18)11-14-3-1-2-4-17(14)24/h1-6,12,19H,7-11,13H2,(H,26,28). The maximum atomic E-state index is 13.0. The average molecular weight is 446 g/mol. The molecule has 3 heterocycles. The van der Waals surface area contributed by atoms with Gasteiger partial charge in [-0.1, -0.05) is 41.4 Å². The van der Waals surface area contributed by atoms with Gasteiger partial charge in [-0.3, -0.25) is 9.79 Å². The van der Waals surface area contributed by atoms with Crippen LogP contribution in [0, 0.1) is 0 Å². The average Bonchev–Trinajstić information content (AvgIpc) is 3.34. The van der Waals surface area contributed by atoms with Crippen LogP contribution >= 0.6 is 23.2 Å². The monoisotopic (exact) mass is 445 g/mol. The van der Waals surface area contributed by atoms with Gasteiger partial charge in [0, 0.05) is 35.0 Å². The van der Waals surface area contributed by atoms with Crippen molar-refractivity contribution in [1.82, 2.24) is 4.90 Å². The van der Waals surface area contributed by atoms with Crippen molar-refractivity contribution in [3.8, 4) is 0 Å². The molecule has 1 N–H and O–H groups in total. The van der Waals surface area contributed by atoms with E-state index in [2.05, 4.69) is 10.2 Å². The van der Waals surface area contributed by atoms with Gasteiger partial charge in [0.2, 0.25) is 5.91 Å². The molecule has 0 saturated carbocycles. The molecule has 1 amide bonds. The van der Waals surface area contributed by atoms with E-state index < -0.39 is 11.8 Å². The van der Waals surface area contributed by atoms with Crippen LogP contribution in [0.5, 0.6) is 0 Å². The van der Waals surface area contributed by atoms with Crippen molar-refractivity contribution >= 4 is 40.6 Å². The highest BCUT2D eigenvalue weighted by Gasteiger charge is 2.45. The fourth-order valence-corrected chi connectivity index (χ4v) is 4.62. The number of aliphatic imine (C=N–C) groups is 1. The molecule has 1 unspecified atom stereocenters. The third-order valence-corrected chi connectivity index (χ3v) is 6.34. The maximum Gasteiger partial charge on any atom is 0.249 e. The predicted molar refractivity (Wildman–Crippen MR) is 116 cm³/mol. The van der Waals surface area contributed by atoms with Crippen LogP contribution < -0.4 is 5.32 Å². The summed E-state index contributed by atoms with van der Waals surface area (Å²) in [6, 6.07) is 12.3. The molecule has 2 saturated heterocycles. The summed E-state index contributed by atoms with van der Waals surface area (Å²) < 4.78 is 11.8. The van der Waals surface area contributed by atoms with Crippen LogP contribution in [-0.4, -0.2) is 54.8 Å². The molecular weight excluding hydrogens is 425 g/mol. The van der Waals surface area contributed by atoms with Gasteiger partial charge in [0.25, 0.3) is 0 Å². The summed E-state index contributed by atoms with van der Waals surface area (Å²) in [6.45, 7) is 2.47. The maximum absolute atomic E-state index is 13.0. The molecular formula is C22H21Cl2N3O3. The van der Waals surface area contributed by atoms with E-state index in [0.29, 0.717) is 41.9 Å². The number of nitrogens with zero attached hydrogens (tertiary/aromatic N) is 2. The minimum atomic E-state index is -0.618. The number of nitrogens with one attached hydrogen (secondary N) is 1. The van der Waals surface area contributed by atoms with Gasteiger partial charge in [0.05, 0.1) is 25.4 Å². The first kappa shape index (κ1) is 19.8. The van der Waals surface area contributed by atoms with Crippen LogP contribution in [0.4, 0.5) is 5.69 Å². The van der Waals surface area contributed by atoms with Crippen molar-refractivity contribution in [3.05, 3.63) is 63.6 Å². The Morgan fingerprint density at radius 2 is 1.97 bits per heavy atom. The van der Waals surface area contributed by atoms with Crippen molar-refractivity contribution < 1.29 is 14.3 Å². The normalized spacial score (nSPS) is 22.6. The van der Waals surface area contributed by atoms with E-state index in [-0.39, 0.29) is 5.91 Å². The second-order valence-corrected chi connectivity index (χ2v) is 8.57. The lowest BCUT2D eigenvalue weighted by molar-refractivity contribution is -0.142. The fraction of sp³-hybridized carbons (Fsp3) is 0.364. The molecule has 0 radical (unpaired) electrons. The number of hydrogen-bond acceptors (Lipinski definition) is 5. The van der Waals surface area contributed by atoms with E-state index in [0.717, 1.165) is 29.9 Å². The molecule has 1 atom stereocenters. The number of anilines is 1. The topological polar surface area (TPSA) is 63.2 Å². The summed E-state index contributed by atoms with van der Waals surface area (Å²) in [5, 5.41) is 4.22. The summed E-state index contributed by atoms with van der Waals surface area (Å²) in [6.07, 6.45) is 1.15. The number of fused-ring (bicyclic) bond motifs is 1. The summed E-state index contributed by atoms with van der Waals surface area (Å²) >= 11 is 12.6. The zero-order chi connectivity index (χ0) is 20.7. The number of rotatable bonds is 2. The largest absolute Gasteiger partial charge is 0.351 e. The molecule has 5 rings (SSSR count). The van der Waals surface area contributed by atoms with Gasteiger partial charge in [-0.05, 0) is 29.8 Å².